The maximum Gasteiger partial charge on any atom is 0.166 e. The Morgan fingerprint density at radius 2 is 2.12 bits per heavy atom. The number of aryl methyl sites for hydroxylation is 1. The Morgan fingerprint density at radius 1 is 1.32 bits per heavy atom. The number of allylic oxidation sites excluding steroid dienone is 1. The van der Waals surface area contributed by atoms with Crippen LogP contribution in [0, 0.1) is 17.1 Å². The lowest BCUT2D eigenvalue weighted by molar-refractivity contribution is -0.557. The minimum absolute atomic E-state index is 0.274. The molecule has 1 fully saturated rings. The van der Waals surface area contributed by atoms with Gasteiger partial charge in [0.25, 0.3) is 0 Å². The van der Waals surface area contributed by atoms with Crippen LogP contribution in [0.5, 0.6) is 5.75 Å². The molecule has 5 rings (SSSR count). The van der Waals surface area contributed by atoms with Crippen LogP contribution in [-0.2, 0) is 19.9 Å². The number of halogens is 1. The van der Waals surface area contributed by atoms with Crippen LogP contribution < -0.4 is 15.8 Å². The molecule has 34 heavy (non-hydrogen) atoms. The number of fused-ring (bicyclic) bond motifs is 5. The molecule has 0 amide bonds. The molecule has 3 heterocycles. The molecule has 0 saturated heterocycles. The summed E-state index contributed by atoms with van der Waals surface area (Å²) in [6.07, 6.45) is 7.08. The molecule has 8 heteroatoms. The number of anilines is 1. The Labute approximate surface area is 198 Å². The fourth-order valence-corrected chi connectivity index (χ4v) is 4.73. The van der Waals surface area contributed by atoms with Crippen molar-refractivity contribution in [2.45, 2.75) is 38.7 Å². The number of ether oxygens (including phenoxy) is 1. The van der Waals surface area contributed by atoms with E-state index in [1.54, 1.807) is 12.3 Å². The second-order valence-electron chi connectivity index (χ2n) is 9.22. The number of nitrogens with two attached hydrogens (primary N) is 2. The molecule has 7 nitrogen and oxygen atoms in total. The van der Waals surface area contributed by atoms with Crippen molar-refractivity contribution in [3.05, 3.63) is 70.6 Å². The molecule has 1 aliphatic heterocycles. The van der Waals surface area contributed by atoms with Gasteiger partial charge < -0.3 is 15.8 Å². The molecule has 0 spiro atoms. The second-order valence-corrected chi connectivity index (χ2v) is 9.22. The Hall–Kier alpha value is -3.52. The third kappa shape index (κ3) is 4.09. The van der Waals surface area contributed by atoms with Gasteiger partial charge in [-0.05, 0) is 56.4 Å². The van der Waals surface area contributed by atoms with Crippen LogP contribution in [0.2, 0.25) is 0 Å². The SMILES string of the molecule is C[NH2+]C=C1Cc2nn(C)c(CC3CC3)c2-c2cnc(N)c(c2)OC(C)c2cc(F)ccc2C1=N. The minimum atomic E-state index is -0.531. The van der Waals surface area contributed by atoms with Crippen LogP contribution in [0.3, 0.4) is 0 Å². The summed E-state index contributed by atoms with van der Waals surface area (Å²) >= 11 is 0. The molecule has 176 valence electrons. The Bertz CT molecular complexity index is 1310. The van der Waals surface area contributed by atoms with Crippen molar-refractivity contribution in [2.75, 3.05) is 12.8 Å². The highest BCUT2D eigenvalue weighted by molar-refractivity contribution is 6.11. The molecule has 1 atom stereocenters. The third-order valence-corrected chi connectivity index (χ3v) is 6.66. The standard InChI is InChI=1S/C26H29FN6O/c1-14-20-11-18(27)6-7-19(20)25(28)17(12-30-2)9-21-24(16-10-23(34-14)26(29)31-13-16)22(33(3)32-21)8-15-4-5-15/h6-7,10-15,28,30H,4-5,8-9H2,1-3H3,(H2,29,31)/p+1. The van der Waals surface area contributed by atoms with Crippen molar-refractivity contribution < 1.29 is 14.4 Å². The molecule has 1 aliphatic carbocycles. The van der Waals surface area contributed by atoms with Crippen molar-refractivity contribution >= 4 is 11.5 Å². The number of rotatable bonds is 3. The summed E-state index contributed by atoms with van der Waals surface area (Å²) < 4.78 is 22.4. The number of hydrogen-bond acceptors (Lipinski definition) is 5. The van der Waals surface area contributed by atoms with Gasteiger partial charge in [-0.15, -0.1) is 0 Å². The zero-order valence-corrected chi connectivity index (χ0v) is 19.7. The van der Waals surface area contributed by atoms with Crippen LogP contribution >= 0.6 is 0 Å². The molecule has 0 radical (unpaired) electrons. The summed E-state index contributed by atoms with van der Waals surface area (Å²) in [7, 11) is 3.91. The number of benzene rings is 1. The molecule has 2 bridgehead atoms. The lowest BCUT2D eigenvalue weighted by Crippen LogP contribution is -2.73. The van der Waals surface area contributed by atoms with E-state index in [9.17, 15) is 4.39 Å². The van der Waals surface area contributed by atoms with E-state index in [4.69, 9.17) is 21.0 Å². The van der Waals surface area contributed by atoms with Gasteiger partial charge in [0.15, 0.2) is 11.6 Å². The van der Waals surface area contributed by atoms with Gasteiger partial charge in [-0.3, -0.25) is 10.1 Å². The third-order valence-electron chi connectivity index (χ3n) is 6.66. The van der Waals surface area contributed by atoms with Gasteiger partial charge in [-0.1, -0.05) is 0 Å². The first-order chi connectivity index (χ1) is 16.4. The number of quaternary nitrogens is 1. The minimum Gasteiger partial charge on any atom is -0.482 e. The largest absolute Gasteiger partial charge is 0.482 e. The van der Waals surface area contributed by atoms with Crippen LogP contribution in [0.4, 0.5) is 10.2 Å². The smallest absolute Gasteiger partial charge is 0.166 e. The zero-order chi connectivity index (χ0) is 24.0. The summed E-state index contributed by atoms with van der Waals surface area (Å²) in [5, 5.41) is 15.9. The summed E-state index contributed by atoms with van der Waals surface area (Å²) in [5.41, 5.74) is 12.5. The fraction of sp³-hybridized carbons (Fsp3) is 0.346. The Morgan fingerprint density at radius 3 is 2.85 bits per heavy atom. The van der Waals surface area contributed by atoms with E-state index in [2.05, 4.69) is 4.98 Å². The van der Waals surface area contributed by atoms with Crippen molar-refractivity contribution in [2.24, 2.45) is 13.0 Å². The van der Waals surface area contributed by atoms with E-state index >= 15 is 0 Å². The van der Waals surface area contributed by atoms with Gasteiger partial charge in [0, 0.05) is 53.2 Å². The van der Waals surface area contributed by atoms with E-state index < -0.39 is 6.10 Å². The molecule has 2 aliphatic rings. The molecule has 3 aromatic rings. The second kappa shape index (κ2) is 8.68. The first-order valence-electron chi connectivity index (χ1n) is 11.7. The molecular weight excluding hydrogens is 431 g/mol. The summed E-state index contributed by atoms with van der Waals surface area (Å²) in [6, 6.07) is 6.38. The maximum atomic E-state index is 14.3. The number of nitrogens with one attached hydrogen (secondary N) is 1. The fourth-order valence-electron chi connectivity index (χ4n) is 4.73. The molecule has 1 unspecified atom stereocenters. The van der Waals surface area contributed by atoms with E-state index in [-0.39, 0.29) is 11.6 Å². The van der Waals surface area contributed by atoms with E-state index in [0.717, 1.165) is 34.5 Å². The predicted molar refractivity (Wildman–Crippen MR) is 129 cm³/mol. The van der Waals surface area contributed by atoms with Gasteiger partial charge >= 0.3 is 0 Å². The number of pyridine rings is 1. The lowest BCUT2D eigenvalue weighted by Gasteiger charge is -2.22. The van der Waals surface area contributed by atoms with Crippen molar-refractivity contribution in [1.82, 2.24) is 14.8 Å². The van der Waals surface area contributed by atoms with E-state index in [1.807, 2.05) is 43.3 Å². The highest BCUT2D eigenvalue weighted by Crippen LogP contribution is 2.40. The maximum absolute atomic E-state index is 14.3. The van der Waals surface area contributed by atoms with Gasteiger partial charge in [0.1, 0.15) is 11.9 Å². The van der Waals surface area contributed by atoms with E-state index in [1.165, 1.54) is 25.0 Å². The van der Waals surface area contributed by atoms with Crippen molar-refractivity contribution in [3.8, 4) is 16.9 Å². The van der Waals surface area contributed by atoms with Crippen LogP contribution in [0.1, 0.15) is 48.4 Å². The van der Waals surface area contributed by atoms with E-state index in [0.29, 0.717) is 34.9 Å². The number of nitrogens with zero attached hydrogens (tertiary/aromatic N) is 3. The monoisotopic (exact) mass is 461 g/mol. The summed E-state index contributed by atoms with van der Waals surface area (Å²) in [6.45, 7) is 1.84. The zero-order valence-electron chi connectivity index (χ0n) is 19.7. The quantitative estimate of drug-likeness (QED) is 0.556. The van der Waals surface area contributed by atoms with Gasteiger partial charge in [-0.25, -0.2) is 9.37 Å². The first-order valence-corrected chi connectivity index (χ1v) is 11.7. The molecule has 1 saturated carbocycles. The normalized spacial score (nSPS) is 19.1. The lowest BCUT2D eigenvalue weighted by atomic mass is 9.91. The topological polar surface area (TPSA) is 106 Å². The van der Waals surface area contributed by atoms with Crippen LogP contribution in [0.15, 0.2) is 42.2 Å². The number of nitrogen functional groups attached to an aromatic ring is 1. The highest BCUT2D eigenvalue weighted by atomic mass is 19.1. The molecular formula is C26H30FN6O+. The molecule has 2 aromatic heterocycles. The van der Waals surface area contributed by atoms with Crippen LogP contribution in [-0.4, -0.2) is 27.5 Å². The molecule has 1 aromatic carbocycles. The highest BCUT2D eigenvalue weighted by Gasteiger charge is 2.29. The first kappa shape index (κ1) is 22.3. The predicted octanol–water partition coefficient (Wildman–Crippen LogP) is 3.30. The Kier molecular flexibility index (Phi) is 5.69. The Balaban J connectivity index is 1.74. The van der Waals surface area contributed by atoms with Crippen LogP contribution in [0.25, 0.3) is 11.1 Å². The average molecular weight is 462 g/mol. The average Bonchev–Trinajstić information content (AvgIpc) is 3.57. The van der Waals surface area contributed by atoms with Gasteiger partial charge in [0.2, 0.25) is 0 Å². The number of aromatic nitrogens is 3. The summed E-state index contributed by atoms with van der Waals surface area (Å²) in [4.78, 5) is 4.43. The van der Waals surface area contributed by atoms with Crippen molar-refractivity contribution in [3.63, 3.8) is 0 Å². The van der Waals surface area contributed by atoms with Gasteiger partial charge in [-0.2, -0.15) is 5.10 Å². The molecule has 5 N–H and O–H groups in total. The van der Waals surface area contributed by atoms with Gasteiger partial charge in [0.05, 0.1) is 24.7 Å². The van der Waals surface area contributed by atoms with Crippen molar-refractivity contribution in [1.29, 1.82) is 5.41 Å². The number of hydrogen-bond donors (Lipinski definition) is 3. The summed E-state index contributed by atoms with van der Waals surface area (Å²) in [5.74, 6) is 1.02.